The van der Waals surface area contributed by atoms with E-state index in [9.17, 15) is 8.78 Å². The summed E-state index contributed by atoms with van der Waals surface area (Å²) >= 11 is 0. The molecule has 1 aromatic carbocycles. The molecule has 0 aromatic heterocycles. The van der Waals surface area contributed by atoms with Crippen LogP contribution in [-0.2, 0) is 10.2 Å². The molecule has 0 atom stereocenters. The lowest BCUT2D eigenvalue weighted by Gasteiger charge is -2.14. The predicted octanol–water partition coefficient (Wildman–Crippen LogP) is 2.69. The molecule has 0 radical (unpaired) electrons. The molecule has 1 aliphatic heterocycles. The molecule has 2 aliphatic rings. The van der Waals surface area contributed by atoms with Gasteiger partial charge in [-0.2, -0.15) is 0 Å². The molecular formula is C12H12F2O3. The van der Waals surface area contributed by atoms with Gasteiger partial charge in [-0.15, -0.1) is 8.78 Å². The lowest BCUT2D eigenvalue weighted by molar-refractivity contribution is -0.286. The number of hydrogen-bond acceptors (Lipinski definition) is 3. The first-order valence-electron chi connectivity index (χ1n) is 5.44. The summed E-state index contributed by atoms with van der Waals surface area (Å²) in [6.45, 7) is 0.600. The molecule has 1 fully saturated rings. The fourth-order valence-corrected chi connectivity index (χ4v) is 2.22. The predicted molar refractivity (Wildman–Crippen MR) is 55.4 cm³/mol. The van der Waals surface area contributed by atoms with Crippen molar-refractivity contribution in [1.82, 2.24) is 0 Å². The van der Waals surface area contributed by atoms with E-state index in [0.29, 0.717) is 6.61 Å². The summed E-state index contributed by atoms with van der Waals surface area (Å²) < 4.78 is 39.7. The van der Waals surface area contributed by atoms with Crippen molar-refractivity contribution in [3.05, 3.63) is 23.8 Å². The average Bonchev–Trinajstić information content (AvgIpc) is 2.94. The highest BCUT2D eigenvalue weighted by atomic mass is 19.3. The molecule has 5 heteroatoms. The molecule has 0 unspecified atom stereocenters. The lowest BCUT2D eigenvalue weighted by Crippen LogP contribution is -2.25. The topological polar surface area (TPSA) is 27.7 Å². The Bertz CT molecular complexity index is 455. The van der Waals surface area contributed by atoms with Gasteiger partial charge < -0.3 is 14.2 Å². The zero-order chi connectivity index (χ0) is 12.1. The highest BCUT2D eigenvalue weighted by molar-refractivity contribution is 5.48. The van der Waals surface area contributed by atoms with Crippen LogP contribution >= 0.6 is 0 Å². The third-order valence-electron chi connectivity index (χ3n) is 3.29. The molecule has 17 heavy (non-hydrogen) atoms. The van der Waals surface area contributed by atoms with Gasteiger partial charge in [0, 0.05) is 12.5 Å². The molecule has 0 N–H and O–H groups in total. The van der Waals surface area contributed by atoms with Gasteiger partial charge in [0.2, 0.25) is 0 Å². The molecule has 3 nitrogen and oxygen atoms in total. The van der Waals surface area contributed by atoms with Crippen LogP contribution in [-0.4, -0.2) is 20.0 Å². The Morgan fingerprint density at radius 3 is 2.59 bits per heavy atom. The van der Waals surface area contributed by atoms with E-state index in [2.05, 4.69) is 9.47 Å². The van der Waals surface area contributed by atoms with E-state index in [1.165, 1.54) is 6.07 Å². The van der Waals surface area contributed by atoms with Crippen LogP contribution in [0.15, 0.2) is 18.2 Å². The van der Waals surface area contributed by atoms with Gasteiger partial charge in [0.25, 0.3) is 0 Å². The smallest absolute Gasteiger partial charge is 0.395 e. The van der Waals surface area contributed by atoms with Gasteiger partial charge in [0.1, 0.15) is 0 Å². The monoisotopic (exact) mass is 242 g/mol. The normalized spacial score (nSPS) is 22.5. The maximum Gasteiger partial charge on any atom is 0.586 e. The Hall–Kier alpha value is -1.36. The summed E-state index contributed by atoms with van der Waals surface area (Å²) in [6.07, 6.45) is -1.52. The van der Waals surface area contributed by atoms with Gasteiger partial charge in [-0.1, -0.05) is 6.07 Å². The van der Waals surface area contributed by atoms with E-state index in [4.69, 9.17) is 4.74 Å². The van der Waals surface area contributed by atoms with Gasteiger partial charge in [-0.05, 0) is 30.5 Å². The molecule has 0 saturated heterocycles. The quantitative estimate of drug-likeness (QED) is 0.815. The number of methoxy groups -OCH3 is 1. The molecule has 0 amide bonds. The summed E-state index contributed by atoms with van der Waals surface area (Å²) in [7, 11) is 1.64. The van der Waals surface area contributed by atoms with Crippen LogP contribution in [0.25, 0.3) is 0 Å². The van der Waals surface area contributed by atoms with E-state index in [1.807, 2.05) is 0 Å². The van der Waals surface area contributed by atoms with Gasteiger partial charge in [-0.25, -0.2) is 0 Å². The maximum atomic E-state index is 12.9. The molecule has 92 valence electrons. The maximum absolute atomic E-state index is 12.9. The second-order valence-corrected chi connectivity index (χ2v) is 4.54. The zero-order valence-corrected chi connectivity index (χ0v) is 9.33. The molecule has 0 bridgehead atoms. The van der Waals surface area contributed by atoms with E-state index in [1.54, 1.807) is 19.2 Å². The van der Waals surface area contributed by atoms with Gasteiger partial charge in [0.15, 0.2) is 11.5 Å². The summed E-state index contributed by atoms with van der Waals surface area (Å²) in [4.78, 5) is 0. The Morgan fingerprint density at radius 1 is 1.24 bits per heavy atom. The van der Waals surface area contributed by atoms with Crippen LogP contribution < -0.4 is 9.47 Å². The minimum atomic E-state index is -3.54. The molecule has 3 rings (SSSR count). The first-order valence-corrected chi connectivity index (χ1v) is 5.44. The lowest BCUT2D eigenvalue weighted by atomic mass is 9.96. The number of fused-ring (bicyclic) bond motifs is 1. The highest BCUT2D eigenvalue weighted by Crippen LogP contribution is 2.51. The number of hydrogen-bond donors (Lipinski definition) is 0. The Labute approximate surface area is 97.3 Å². The molecule has 1 heterocycles. The van der Waals surface area contributed by atoms with Crippen LogP contribution in [0.2, 0.25) is 0 Å². The Kier molecular flexibility index (Phi) is 2.10. The molecule has 1 saturated carbocycles. The Morgan fingerprint density at radius 2 is 1.94 bits per heavy atom. The van der Waals surface area contributed by atoms with Crippen LogP contribution in [0.1, 0.15) is 18.4 Å². The minimum absolute atomic E-state index is 0.0228. The van der Waals surface area contributed by atoms with Crippen LogP contribution in [0, 0.1) is 0 Å². The summed E-state index contributed by atoms with van der Waals surface area (Å²) in [6, 6.07) is 4.96. The van der Waals surface area contributed by atoms with Crippen LogP contribution in [0.3, 0.4) is 0 Å². The van der Waals surface area contributed by atoms with Crippen LogP contribution in [0.4, 0.5) is 8.78 Å². The van der Waals surface area contributed by atoms with Crippen molar-refractivity contribution in [2.45, 2.75) is 24.6 Å². The minimum Gasteiger partial charge on any atom is -0.395 e. The molecule has 0 spiro atoms. The molecular weight excluding hydrogens is 230 g/mol. The van der Waals surface area contributed by atoms with Crippen molar-refractivity contribution in [2.24, 2.45) is 0 Å². The van der Waals surface area contributed by atoms with E-state index in [-0.39, 0.29) is 16.9 Å². The molecule has 1 aromatic rings. The van der Waals surface area contributed by atoms with Crippen molar-refractivity contribution in [3.8, 4) is 11.5 Å². The summed E-state index contributed by atoms with van der Waals surface area (Å²) in [5.41, 5.74) is 0.949. The third-order valence-corrected chi connectivity index (χ3v) is 3.29. The summed E-state index contributed by atoms with van der Waals surface area (Å²) in [5, 5.41) is 0. The van der Waals surface area contributed by atoms with E-state index >= 15 is 0 Å². The van der Waals surface area contributed by atoms with Crippen molar-refractivity contribution in [3.63, 3.8) is 0 Å². The van der Waals surface area contributed by atoms with E-state index in [0.717, 1.165) is 18.4 Å². The standard InChI is InChI=1S/C12H12F2O3/c1-15-7-11(4-5-11)8-2-3-9-10(6-8)17-12(13,14)16-9/h2-3,6H,4-5,7H2,1H3. The van der Waals surface area contributed by atoms with Crippen molar-refractivity contribution in [1.29, 1.82) is 0 Å². The summed E-state index contributed by atoms with van der Waals surface area (Å²) in [5.74, 6) is 0.196. The van der Waals surface area contributed by atoms with E-state index < -0.39 is 6.29 Å². The zero-order valence-electron chi connectivity index (χ0n) is 9.33. The third kappa shape index (κ3) is 1.74. The van der Waals surface area contributed by atoms with Gasteiger partial charge in [0.05, 0.1) is 6.61 Å². The largest absolute Gasteiger partial charge is 0.586 e. The number of ether oxygens (including phenoxy) is 3. The first kappa shape index (κ1) is 10.8. The fourth-order valence-electron chi connectivity index (χ4n) is 2.22. The number of halogens is 2. The SMILES string of the molecule is COCC1(c2ccc3c(c2)OC(F)(F)O3)CC1. The fraction of sp³-hybridized carbons (Fsp3) is 0.500. The average molecular weight is 242 g/mol. The van der Waals surface area contributed by atoms with Crippen molar-refractivity contribution in [2.75, 3.05) is 13.7 Å². The number of rotatable bonds is 3. The first-order chi connectivity index (χ1) is 8.05. The van der Waals surface area contributed by atoms with Gasteiger partial charge >= 0.3 is 6.29 Å². The Balaban J connectivity index is 1.91. The highest BCUT2D eigenvalue weighted by Gasteiger charge is 2.47. The van der Waals surface area contributed by atoms with Crippen LogP contribution in [0.5, 0.6) is 11.5 Å². The van der Waals surface area contributed by atoms with Crippen molar-refractivity contribution < 1.29 is 23.0 Å². The number of alkyl halides is 2. The van der Waals surface area contributed by atoms with Gasteiger partial charge in [-0.3, -0.25) is 0 Å². The van der Waals surface area contributed by atoms with Crippen molar-refractivity contribution >= 4 is 0 Å². The second kappa shape index (κ2) is 3.32. The molecule has 1 aliphatic carbocycles. The number of benzene rings is 1. The second-order valence-electron chi connectivity index (χ2n) is 4.54.